The van der Waals surface area contributed by atoms with Crippen LogP contribution in [0.2, 0.25) is 0 Å². The minimum Gasteiger partial charge on any atom is -0.481 e. The Bertz CT molecular complexity index is 530. The van der Waals surface area contributed by atoms with Gasteiger partial charge >= 0.3 is 12.0 Å². The summed E-state index contributed by atoms with van der Waals surface area (Å²) in [4.78, 5) is 49.4. The van der Waals surface area contributed by atoms with Gasteiger partial charge in [-0.1, -0.05) is 0 Å². The van der Waals surface area contributed by atoms with E-state index in [0.29, 0.717) is 13.0 Å². The highest BCUT2D eigenvalue weighted by Crippen LogP contribution is 2.30. The van der Waals surface area contributed by atoms with Crippen LogP contribution in [0, 0.1) is 5.41 Å². The van der Waals surface area contributed by atoms with Crippen LogP contribution in [0.1, 0.15) is 27.2 Å². The van der Waals surface area contributed by atoms with Crippen LogP contribution in [0.3, 0.4) is 0 Å². The maximum absolute atomic E-state index is 12.3. The average molecular weight is 297 g/mol. The Labute approximate surface area is 122 Å². The number of carboxylic acids is 1. The summed E-state index contributed by atoms with van der Waals surface area (Å²) in [6.45, 7) is 4.94. The maximum atomic E-state index is 12.3. The fraction of sp³-hybridized carbons (Fsp3) is 0.692. The van der Waals surface area contributed by atoms with Crippen LogP contribution in [0.5, 0.6) is 0 Å². The van der Waals surface area contributed by atoms with Crippen LogP contribution < -0.4 is 5.32 Å². The van der Waals surface area contributed by atoms with E-state index in [1.54, 1.807) is 20.8 Å². The predicted molar refractivity (Wildman–Crippen MR) is 71.3 cm³/mol. The highest BCUT2D eigenvalue weighted by atomic mass is 16.4. The number of aliphatic carboxylic acids is 1. The smallest absolute Gasteiger partial charge is 0.325 e. The second-order valence-corrected chi connectivity index (χ2v) is 6.34. The van der Waals surface area contributed by atoms with Crippen LogP contribution in [-0.2, 0) is 14.4 Å². The molecule has 2 aliphatic heterocycles. The fourth-order valence-electron chi connectivity index (χ4n) is 2.55. The summed E-state index contributed by atoms with van der Waals surface area (Å²) < 4.78 is 0. The highest BCUT2D eigenvalue weighted by Gasteiger charge is 2.48. The molecule has 0 aliphatic carbocycles. The number of rotatable bonds is 3. The van der Waals surface area contributed by atoms with Crippen molar-refractivity contribution < 1.29 is 24.3 Å². The molecule has 21 heavy (non-hydrogen) atoms. The number of nitrogens with zero attached hydrogens (tertiary/aromatic N) is 2. The summed E-state index contributed by atoms with van der Waals surface area (Å²) in [6, 6.07) is -0.599. The van der Waals surface area contributed by atoms with Crippen molar-refractivity contribution in [3.05, 3.63) is 0 Å². The van der Waals surface area contributed by atoms with Crippen molar-refractivity contribution in [3.63, 3.8) is 0 Å². The minimum atomic E-state index is -1.08. The highest BCUT2D eigenvalue weighted by molar-refractivity contribution is 6.07. The van der Waals surface area contributed by atoms with Crippen LogP contribution in [0.25, 0.3) is 0 Å². The Morgan fingerprint density at radius 2 is 1.90 bits per heavy atom. The molecule has 0 aromatic carbocycles. The molecule has 0 aromatic rings. The molecular weight excluding hydrogens is 278 g/mol. The lowest BCUT2D eigenvalue weighted by Gasteiger charge is -2.29. The third-order valence-corrected chi connectivity index (χ3v) is 4.33. The summed E-state index contributed by atoms with van der Waals surface area (Å²) in [7, 11) is 0. The summed E-state index contributed by atoms with van der Waals surface area (Å²) in [5.74, 6) is -1.73. The molecule has 2 N–H and O–H groups in total. The van der Waals surface area contributed by atoms with Gasteiger partial charge in [-0.2, -0.15) is 0 Å². The van der Waals surface area contributed by atoms with E-state index in [0.717, 1.165) is 0 Å². The lowest BCUT2D eigenvalue weighted by atomic mass is 9.90. The van der Waals surface area contributed by atoms with Crippen LogP contribution in [0.4, 0.5) is 4.79 Å². The van der Waals surface area contributed by atoms with Crippen molar-refractivity contribution >= 4 is 23.8 Å². The van der Waals surface area contributed by atoms with Gasteiger partial charge in [0.25, 0.3) is 5.91 Å². The molecular formula is C13H19N3O5. The summed E-state index contributed by atoms with van der Waals surface area (Å²) in [6.07, 6.45) is 0.378. The first-order chi connectivity index (χ1) is 9.58. The molecule has 2 heterocycles. The summed E-state index contributed by atoms with van der Waals surface area (Å²) in [5.41, 5.74) is -2.03. The number of imide groups is 1. The average Bonchev–Trinajstić information content (AvgIpc) is 2.86. The first kappa shape index (κ1) is 15.3. The van der Waals surface area contributed by atoms with E-state index < -0.39 is 28.9 Å². The topological polar surface area (TPSA) is 107 Å². The van der Waals surface area contributed by atoms with E-state index in [1.807, 2.05) is 0 Å². The zero-order chi connectivity index (χ0) is 16.0. The number of hydrogen-bond acceptors (Lipinski definition) is 4. The molecule has 1 unspecified atom stereocenters. The summed E-state index contributed by atoms with van der Waals surface area (Å²) in [5, 5.41) is 11.3. The number of likely N-dealkylation sites (tertiary alicyclic amines) is 1. The number of urea groups is 1. The van der Waals surface area contributed by atoms with E-state index >= 15 is 0 Å². The molecule has 1 atom stereocenters. The van der Waals surface area contributed by atoms with E-state index in [2.05, 4.69) is 5.32 Å². The molecule has 0 bridgehead atoms. The molecule has 4 amide bonds. The molecule has 0 aromatic heterocycles. The van der Waals surface area contributed by atoms with Crippen molar-refractivity contribution in [2.24, 2.45) is 5.41 Å². The van der Waals surface area contributed by atoms with Gasteiger partial charge in [0, 0.05) is 13.1 Å². The lowest BCUT2D eigenvalue weighted by molar-refractivity contribution is -0.147. The lowest BCUT2D eigenvalue weighted by Crippen LogP contribution is -2.49. The van der Waals surface area contributed by atoms with Crippen LogP contribution in [0.15, 0.2) is 0 Å². The van der Waals surface area contributed by atoms with E-state index in [-0.39, 0.29) is 19.0 Å². The number of hydrogen-bond donors (Lipinski definition) is 2. The third-order valence-electron chi connectivity index (χ3n) is 4.33. The van der Waals surface area contributed by atoms with Crippen molar-refractivity contribution in [2.45, 2.75) is 32.7 Å². The van der Waals surface area contributed by atoms with E-state index in [4.69, 9.17) is 5.11 Å². The number of carboxylic acid groups (broad SMARTS) is 1. The monoisotopic (exact) mass is 297 g/mol. The summed E-state index contributed by atoms with van der Waals surface area (Å²) >= 11 is 0. The second kappa shape index (κ2) is 4.71. The Balaban J connectivity index is 2.05. The molecule has 2 saturated heterocycles. The molecule has 8 nitrogen and oxygen atoms in total. The number of nitrogens with one attached hydrogen (secondary N) is 1. The zero-order valence-electron chi connectivity index (χ0n) is 12.3. The first-order valence-electron chi connectivity index (χ1n) is 6.72. The van der Waals surface area contributed by atoms with Gasteiger partial charge in [0.05, 0.1) is 5.41 Å². The van der Waals surface area contributed by atoms with Gasteiger partial charge in [0.15, 0.2) is 0 Å². The molecule has 116 valence electrons. The second-order valence-electron chi connectivity index (χ2n) is 6.34. The van der Waals surface area contributed by atoms with Crippen LogP contribution in [-0.4, -0.2) is 63.9 Å². The van der Waals surface area contributed by atoms with Gasteiger partial charge in [-0.05, 0) is 27.2 Å². The van der Waals surface area contributed by atoms with Gasteiger partial charge in [-0.3, -0.25) is 19.7 Å². The maximum Gasteiger partial charge on any atom is 0.325 e. The normalized spacial score (nSPS) is 28.0. The van der Waals surface area contributed by atoms with E-state index in [9.17, 15) is 19.2 Å². The van der Waals surface area contributed by atoms with Crippen molar-refractivity contribution in [1.82, 2.24) is 15.1 Å². The first-order valence-corrected chi connectivity index (χ1v) is 6.72. The predicted octanol–water partition coefficient (Wildman–Crippen LogP) is -0.360. The Morgan fingerprint density at radius 1 is 1.29 bits per heavy atom. The Kier molecular flexibility index (Phi) is 3.43. The molecule has 8 heteroatoms. The molecule has 0 saturated carbocycles. The van der Waals surface area contributed by atoms with Crippen molar-refractivity contribution in [1.29, 1.82) is 0 Å². The Hall–Kier alpha value is -2.12. The van der Waals surface area contributed by atoms with Crippen LogP contribution >= 0.6 is 0 Å². The largest absolute Gasteiger partial charge is 0.481 e. The van der Waals surface area contributed by atoms with Gasteiger partial charge in [0.1, 0.15) is 12.1 Å². The number of amides is 4. The third kappa shape index (κ3) is 2.45. The van der Waals surface area contributed by atoms with Crippen molar-refractivity contribution in [2.75, 3.05) is 19.6 Å². The molecule has 2 fully saturated rings. The van der Waals surface area contributed by atoms with Gasteiger partial charge in [-0.25, -0.2) is 4.79 Å². The van der Waals surface area contributed by atoms with Gasteiger partial charge in [0.2, 0.25) is 5.91 Å². The minimum absolute atomic E-state index is 0.116. The number of carbonyl (C=O) groups is 4. The Morgan fingerprint density at radius 3 is 2.33 bits per heavy atom. The quantitative estimate of drug-likeness (QED) is 0.692. The number of carbonyl (C=O) groups excluding carboxylic acids is 3. The van der Waals surface area contributed by atoms with Gasteiger partial charge < -0.3 is 14.9 Å². The molecule has 2 aliphatic rings. The van der Waals surface area contributed by atoms with Gasteiger partial charge in [-0.15, -0.1) is 0 Å². The SMILES string of the molecule is CC1(C(=O)O)CCN(C(=O)CN2C(=O)NC(=O)C2(C)C)C1. The molecule has 2 rings (SSSR count). The van der Waals surface area contributed by atoms with Crippen molar-refractivity contribution in [3.8, 4) is 0 Å². The molecule has 0 radical (unpaired) electrons. The molecule has 0 spiro atoms. The fourth-order valence-corrected chi connectivity index (χ4v) is 2.55. The van der Waals surface area contributed by atoms with E-state index in [1.165, 1.54) is 9.80 Å². The standard InChI is InChI=1S/C13H19N3O5/c1-12(2)9(18)14-11(21)16(12)6-8(17)15-5-4-13(3,7-15)10(19)20/h4-7H2,1-3H3,(H,19,20)(H,14,18,21). The zero-order valence-corrected chi connectivity index (χ0v) is 12.3.